The SMILES string of the molecule is CCCn1ccc(C=NN=C(N)N)c1. The molecule has 0 aromatic carbocycles. The van der Waals surface area contributed by atoms with E-state index in [9.17, 15) is 0 Å². The lowest BCUT2D eigenvalue weighted by atomic mass is 10.4. The number of guanidine groups is 1. The Morgan fingerprint density at radius 2 is 2.36 bits per heavy atom. The van der Waals surface area contributed by atoms with Crippen LogP contribution >= 0.6 is 0 Å². The maximum Gasteiger partial charge on any atom is 0.211 e. The fraction of sp³-hybridized carbons (Fsp3) is 0.333. The predicted octanol–water partition coefficient (Wildman–Crippen LogP) is 0.505. The van der Waals surface area contributed by atoms with E-state index in [1.807, 2.05) is 18.5 Å². The molecule has 76 valence electrons. The van der Waals surface area contributed by atoms with Gasteiger partial charge in [-0.25, -0.2) is 0 Å². The van der Waals surface area contributed by atoms with Crippen LogP contribution in [0.15, 0.2) is 28.7 Å². The Balaban J connectivity index is 2.59. The van der Waals surface area contributed by atoms with Crippen molar-refractivity contribution in [2.75, 3.05) is 0 Å². The van der Waals surface area contributed by atoms with E-state index in [-0.39, 0.29) is 5.96 Å². The van der Waals surface area contributed by atoms with Crippen LogP contribution < -0.4 is 11.5 Å². The van der Waals surface area contributed by atoms with Crippen LogP contribution in [0.2, 0.25) is 0 Å². The Morgan fingerprint density at radius 3 is 3.00 bits per heavy atom. The number of nitrogens with zero attached hydrogens (tertiary/aromatic N) is 3. The molecule has 0 aliphatic rings. The van der Waals surface area contributed by atoms with Crippen LogP contribution in [0.3, 0.4) is 0 Å². The summed E-state index contributed by atoms with van der Waals surface area (Å²) in [5.74, 6) is -0.0331. The Bertz CT molecular complexity index is 333. The van der Waals surface area contributed by atoms with E-state index in [4.69, 9.17) is 11.5 Å². The standard InChI is InChI=1S/C9H15N5/c1-2-4-14-5-3-8(7-14)6-12-13-9(10)11/h3,5-7H,2,4H2,1H3,(H4,10,11,13). The van der Waals surface area contributed by atoms with Crippen molar-refractivity contribution in [2.45, 2.75) is 19.9 Å². The van der Waals surface area contributed by atoms with Gasteiger partial charge in [0.05, 0.1) is 6.21 Å². The van der Waals surface area contributed by atoms with E-state index in [0.29, 0.717) is 0 Å². The molecule has 0 aliphatic carbocycles. The van der Waals surface area contributed by atoms with Crippen molar-refractivity contribution >= 4 is 12.2 Å². The molecule has 1 aromatic rings. The van der Waals surface area contributed by atoms with Crippen LogP contribution in [-0.2, 0) is 6.54 Å². The zero-order chi connectivity index (χ0) is 10.4. The van der Waals surface area contributed by atoms with Gasteiger partial charge in [0, 0.05) is 24.5 Å². The summed E-state index contributed by atoms with van der Waals surface area (Å²) in [5, 5.41) is 7.22. The fourth-order valence-corrected chi connectivity index (χ4v) is 1.10. The normalized spacial score (nSPS) is 10.6. The zero-order valence-corrected chi connectivity index (χ0v) is 8.22. The molecule has 5 nitrogen and oxygen atoms in total. The molecule has 0 spiro atoms. The minimum Gasteiger partial charge on any atom is -0.369 e. The molecule has 0 atom stereocenters. The molecular formula is C9H15N5. The van der Waals surface area contributed by atoms with Crippen molar-refractivity contribution in [3.63, 3.8) is 0 Å². The van der Waals surface area contributed by atoms with Crippen molar-refractivity contribution in [1.82, 2.24) is 4.57 Å². The average Bonchev–Trinajstić information content (AvgIpc) is 2.53. The van der Waals surface area contributed by atoms with Gasteiger partial charge in [-0.05, 0) is 12.5 Å². The third-order valence-corrected chi connectivity index (χ3v) is 1.64. The monoisotopic (exact) mass is 193 g/mol. The zero-order valence-electron chi connectivity index (χ0n) is 8.22. The van der Waals surface area contributed by atoms with E-state index in [1.165, 1.54) is 0 Å². The molecule has 0 saturated carbocycles. The lowest BCUT2D eigenvalue weighted by Gasteiger charge is -1.95. The molecule has 0 amide bonds. The quantitative estimate of drug-likeness (QED) is 0.415. The van der Waals surface area contributed by atoms with Gasteiger partial charge in [0.15, 0.2) is 0 Å². The van der Waals surface area contributed by atoms with E-state index >= 15 is 0 Å². The lowest BCUT2D eigenvalue weighted by Crippen LogP contribution is -2.21. The topological polar surface area (TPSA) is 81.7 Å². The summed E-state index contributed by atoms with van der Waals surface area (Å²) in [6.45, 7) is 3.14. The Hall–Kier alpha value is -1.78. The molecule has 0 aliphatic heterocycles. The molecule has 14 heavy (non-hydrogen) atoms. The minimum absolute atomic E-state index is 0.0331. The molecule has 0 saturated heterocycles. The molecule has 1 rings (SSSR count). The lowest BCUT2D eigenvalue weighted by molar-refractivity contribution is 0.683. The summed E-state index contributed by atoms with van der Waals surface area (Å²) < 4.78 is 2.09. The number of hydrogen-bond acceptors (Lipinski definition) is 2. The van der Waals surface area contributed by atoms with Crippen LogP contribution in [-0.4, -0.2) is 16.7 Å². The van der Waals surface area contributed by atoms with Crippen molar-refractivity contribution in [3.8, 4) is 0 Å². The largest absolute Gasteiger partial charge is 0.369 e. The van der Waals surface area contributed by atoms with Crippen LogP contribution in [0, 0.1) is 0 Å². The maximum absolute atomic E-state index is 5.12. The Morgan fingerprint density at radius 1 is 1.57 bits per heavy atom. The summed E-state index contributed by atoms with van der Waals surface area (Å²) in [4.78, 5) is 0. The number of rotatable bonds is 4. The Kier molecular flexibility index (Phi) is 3.72. The number of aryl methyl sites for hydroxylation is 1. The second-order valence-electron chi connectivity index (χ2n) is 2.95. The van der Waals surface area contributed by atoms with Crippen LogP contribution in [0.5, 0.6) is 0 Å². The molecule has 1 aromatic heterocycles. The second kappa shape index (κ2) is 5.06. The molecule has 0 bridgehead atoms. The number of aromatic nitrogens is 1. The number of nitrogens with two attached hydrogens (primary N) is 2. The van der Waals surface area contributed by atoms with E-state index < -0.39 is 0 Å². The highest BCUT2D eigenvalue weighted by atomic mass is 15.3. The molecule has 4 N–H and O–H groups in total. The van der Waals surface area contributed by atoms with Gasteiger partial charge < -0.3 is 16.0 Å². The third kappa shape index (κ3) is 3.30. The average molecular weight is 193 g/mol. The summed E-state index contributed by atoms with van der Waals surface area (Å²) >= 11 is 0. The van der Waals surface area contributed by atoms with Gasteiger partial charge in [0.2, 0.25) is 5.96 Å². The molecular weight excluding hydrogens is 178 g/mol. The van der Waals surface area contributed by atoms with Gasteiger partial charge in [-0.1, -0.05) is 6.92 Å². The highest BCUT2D eigenvalue weighted by molar-refractivity contribution is 5.81. The number of hydrogen-bond donors (Lipinski definition) is 2. The van der Waals surface area contributed by atoms with Gasteiger partial charge in [-0.2, -0.15) is 5.10 Å². The van der Waals surface area contributed by atoms with Gasteiger partial charge in [-0.15, -0.1) is 5.10 Å². The first-order chi connectivity index (χ1) is 6.72. The molecule has 0 fully saturated rings. The van der Waals surface area contributed by atoms with Crippen molar-refractivity contribution < 1.29 is 0 Å². The Labute approximate surface area is 83.1 Å². The van der Waals surface area contributed by atoms with Gasteiger partial charge in [0.1, 0.15) is 0 Å². The minimum atomic E-state index is -0.0331. The van der Waals surface area contributed by atoms with Gasteiger partial charge in [-0.3, -0.25) is 0 Å². The fourth-order valence-electron chi connectivity index (χ4n) is 1.10. The highest BCUT2D eigenvalue weighted by Gasteiger charge is 1.91. The first-order valence-electron chi connectivity index (χ1n) is 4.50. The smallest absolute Gasteiger partial charge is 0.211 e. The third-order valence-electron chi connectivity index (χ3n) is 1.64. The van der Waals surface area contributed by atoms with Crippen LogP contribution in [0.4, 0.5) is 0 Å². The first kappa shape index (κ1) is 10.3. The van der Waals surface area contributed by atoms with Crippen LogP contribution in [0.25, 0.3) is 0 Å². The summed E-state index contributed by atoms with van der Waals surface area (Å²) in [5.41, 5.74) is 11.2. The first-order valence-corrected chi connectivity index (χ1v) is 4.50. The van der Waals surface area contributed by atoms with E-state index in [0.717, 1.165) is 18.5 Å². The second-order valence-corrected chi connectivity index (χ2v) is 2.95. The molecule has 1 heterocycles. The molecule has 0 radical (unpaired) electrons. The van der Waals surface area contributed by atoms with Gasteiger partial charge in [0.25, 0.3) is 0 Å². The van der Waals surface area contributed by atoms with Gasteiger partial charge >= 0.3 is 0 Å². The predicted molar refractivity (Wildman–Crippen MR) is 58.1 cm³/mol. The highest BCUT2D eigenvalue weighted by Crippen LogP contribution is 1.99. The summed E-state index contributed by atoms with van der Waals surface area (Å²) in [7, 11) is 0. The van der Waals surface area contributed by atoms with Crippen LogP contribution in [0.1, 0.15) is 18.9 Å². The molecule has 0 unspecified atom stereocenters. The van der Waals surface area contributed by atoms with E-state index in [2.05, 4.69) is 21.7 Å². The van der Waals surface area contributed by atoms with Crippen molar-refractivity contribution in [1.29, 1.82) is 0 Å². The summed E-state index contributed by atoms with van der Waals surface area (Å²) in [6.07, 6.45) is 6.72. The van der Waals surface area contributed by atoms with Crippen molar-refractivity contribution in [2.24, 2.45) is 21.7 Å². The maximum atomic E-state index is 5.12. The summed E-state index contributed by atoms with van der Waals surface area (Å²) in [6, 6.07) is 1.96. The van der Waals surface area contributed by atoms with Crippen molar-refractivity contribution in [3.05, 3.63) is 24.0 Å². The molecule has 5 heteroatoms. The van der Waals surface area contributed by atoms with E-state index in [1.54, 1.807) is 6.21 Å².